The highest BCUT2D eigenvalue weighted by molar-refractivity contribution is 5.82. The van der Waals surface area contributed by atoms with Gasteiger partial charge in [0.25, 0.3) is 0 Å². The largest absolute Gasteiger partial charge is 0.401 e. The molecule has 90 valence electrons. The Morgan fingerprint density at radius 3 is 2.75 bits per heavy atom. The topological polar surface area (TPSA) is 46.9 Å². The molecule has 1 aromatic rings. The van der Waals surface area contributed by atoms with E-state index in [0.29, 0.717) is 5.69 Å². The molecule has 1 aromatic heterocycles. The van der Waals surface area contributed by atoms with Crippen LogP contribution in [0.4, 0.5) is 13.2 Å². The fourth-order valence-corrected chi connectivity index (χ4v) is 1.17. The molecule has 4 nitrogen and oxygen atoms in total. The normalized spacial score (nSPS) is 11.8. The van der Waals surface area contributed by atoms with Gasteiger partial charge in [0.1, 0.15) is 0 Å². The monoisotopic (exact) mass is 235 g/mol. The van der Waals surface area contributed by atoms with Gasteiger partial charge in [0, 0.05) is 13.2 Å². The predicted octanol–water partition coefficient (Wildman–Crippen LogP) is 0.684. The van der Waals surface area contributed by atoms with E-state index in [1.165, 1.54) is 4.68 Å². The Balaban J connectivity index is 2.26. The Morgan fingerprint density at radius 2 is 2.25 bits per heavy atom. The molecule has 0 aromatic carbocycles. The van der Waals surface area contributed by atoms with Crippen molar-refractivity contribution in [3.63, 3.8) is 0 Å². The SMILES string of the molecule is Cn1ccc(CC(=O)CNCC(F)(F)F)n1. The molecule has 0 atom stereocenters. The van der Waals surface area contributed by atoms with Crippen LogP contribution in [-0.4, -0.2) is 34.8 Å². The molecule has 0 amide bonds. The molecule has 0 aliphatic carbocycles. The number of carbonyl (C=O) groups is 1. The average Bonchev–Trinajstić information content (AvgIpc) is 2.48. The van der Waals surface area contributed by atoms with Crippen molar-refractivity contribution in [2.75, 3.05) is 13.1 Å². The van der Waals surface area contributed by atoms with E-state index < -0.39 is 12.7 Å². The van der Waals surface area contributed by atoms with Crippen molar-refractivity contribution in [1.29, 1.82) is 0 Å². The molecular weight excluding hydrogens is 223 g/mol. The van der Waals surface area contributed by atoms with E-state index in [-0.39, 0.29) is 18.7 Å². The second-order valence-electron chi connectivity index (χ2n) is 3.41. The van der Waals surface area contributed by atoms with Crippen molar-refractivity contribution < 1.29 is 18.0 Å². The zero-order valence-electron chi connectivity index (χ0n) is 8.71. The summed E-state index contributed by atoms with van der Waals surface area (Å²) in [6.45, 7) is -1.45. The molecule has 0 saturated carbocycles. The lowest BCUT2D eigenvalue weighted by Gasteiger charge is -2.06. The van der Waals surface area contributed by atoms with Crippen LogP contribution in [0.1, 0.15) is 5.69 Å². The van der Waals surface area contributed by atoms with Gasteiger partial charge in [0.05, 0.1) is 25.2 Å². The molecule has 0 fully saturated rings. The number of carbonyl (C=O) groups excluding carboxylic acids is 1. The van der Waals surface area contributed by atoms with E-state index in [4.69, 9.17) is 0 Å². The van der Waals surface area contributed by atoms with Crippen molar-refractivity contribution >= 4 is 5.78 Å². The highest BCUT2D eigenvalue weighted by Gasteiger charge is 2.26. The van der Waals surface area contributed by atoms with Gasteiger partial charge in [-0.25, -0.2) is 0 Å². The van der Waals surface area contributed by atoms with Gasteiger partial charge < -0.3 is 5.32 Å². The third-order valence-electron chi connectivity index (χ3n) is 1.79. The fourth-order valence-electron chi connectivity index (χ4n) is 1.17. The van der Waals surface area contributed by atoms with E-state index in [1.807, 2.05) is 5.32 Å². The number of hydrogen-bond donors (Lipinski definition) is 1. The third-order valence-corrected chi connectivity index (χ3v) is 1.79. The van der Waals surface area contributed by atoms with Crippen molar-refractivity contribution in [2.24, 2.45) is 7.05 Å². The first kappa shape index (κ1) is 12.7. The number of nitrogens with zero attached hydrogens (tertiary/aromatic N) is 2. The minimum atomic E-state index is -4.29. The Kier molecular flexibility index (Phi) is 4.05. The molecule has 0 saturated heterocycles. The lowest BCUT2D eigenvalue weighted by molar-refractivity contribution is -0.127. The van der Waals surface area contributed by atoms with Crippen molar-refractivity contribution in [3.8, 4) is 0 Å². The van der Waals surface area contributed by atoms with Gasteiger partial charge in [-0.1, -0.05) is 0 Å². The van der Waals surface area contributed by atoms with Crippen LogP contribution >= 0.6 is 0 Å². The van der Waals surface area contributed by atoms with Crippen molar-refractivity contribution in [1.82, 2.24) is 15.1 Å². The van der Waals surface area contributed by atoms with Crippen LogP contribution in [0.25, 0.3) is 0 Å². The summed E-state index contributed by atoms with van der Waals surface area (Å²) < 4.78 is 36.8. The Bertz CT molecular complexity index is 359. The summed E-state index contributed by atoms with van der Waals surface area (Å²) >= 11 is 0. The number of halogens is 3. The van der Waals surface area contributed by atoms with Gasteiger partial charge in [0.15, 0.2) is 5.78 Å². The van der Waals surface area contributed by atoms with E-state index >= 15 is 0 Å². The zero-order valence-corrected chi connectivity index (χ0v) is 8.71. The van der Waals surface area contributed by atoms with Gasteiger partial charge in [-0.2, -0.15) is 18.3 Å². The minimum absolute atomic E-state index is 0.0473. The highest BCUT2D eigenvalue weighted by atomic mass is 19.4. The molecule has 0 aliphatic heterocycles. The summed E-state index contributed by atoms with van der Waals surface area (Å²) in [6, 6.07) is 1.65. The molecule has 0 unspecified atom stereocenters. The molecule has 0 bridgehead atoms. The number of alkyl halides is 3. The standard InChI is InChI=1S/C9H12F3N3O/c1-15-3-2-7(14-15)4-8(16)5-13-6-9(10,11)12/h2-3,13H,4-6H2,1H3. The summed E-state index contributed by atoms with van der Waals surface area (Å²) in [6.07, 6.45) is -2.57. The van der Waals surface area contributed by atoms with Crippen LogP contribution in [0.2, 0.25) is 0 Å². The lowest BCUT2D eigenvalue weighted by atomic mass is 10.2. The molecule has 1 N–H and O–H groups in total. The van der Waals surface area contributed by atoms with Gasteiger partial charge in [-0.15, -0.1) is 0 Å². The first-order valence-corrected chi connectivity index (χ1v) is 4.64. The molecule has 7 heteroatoms. The molecule has 0 aliphatic rings. The second kappa shape index (κ2) is 5.11. The lowest BCUT2D eigenvalue weighted by Crippen LogP contribution is -2.33. The maximum Gasteiger partial charge on any atom is 0.401 e. The Morgan fingerprint density at radius 1 is 1.56 bits per heavy atom. The Labute approximate surface area is 90.4 Å². The summed E-state index contributed by atoms with van der Waals surface area (Å²) in [5.41, 5.74) is 0.557. The van der Waals surface area contributed by atoms with Gasteiger partial charge in [-0.3, -0.25) is 9.48 Å². The van der Waals surface area contributed by atoms with Gasteiger partial charge in [0.2, 0.25) is 0 Å². The van der Waals surface area contributed by atoms with E-state index in [2.05, 4.69) is 5.10 Å². The third kappa shape index (κ3) is 4.92. The van der Waals surface area contributed by atoms with Crippen LogP contribution in [0.3, 0.4) is 0 Å². The number of aryl methyl sites for hydroxylation is 1. The number of Topliss-reactive ketones (excluding diaryl/α,β-unsaturated/α-hetero) is 1. The fraction of sp³-hybridized carbons (Fsp3) is 0.556. The van der Waals surface area contributed by atoms with Crippen molar-refractivity contribution in [2.45, 2.75) is 12.6 Å². The smallest absolute Gasteiger partial charge is 0.302 e. The number of nitrogens with one attached hydrogen (secondary N) is 1. The maximum absolute atomic E-state index is 11.7. The van der Waals surface area contributed by atoms with Gasteiger partial charge >= 0.3 is 6.18 Å². The molecule has 0 spiro atoms. The average molecular weight is 235 g/mol. The zero-order chi connectivity index (χ0) is 12.2. The highest BCUT2D eigenvalue weighted by Crippen LogP contribution is 2.11. The minimum Gasteiger partial charge on any atom is -0.302 e. The number of rotatable bonds is 5. The molecular formula is C9H12F3N3O. The quantitative estimate of drug-likeness (QED) is 0.816. The molecule has 1 heterocycles. The van der Waals surface area contributed by atoms with E-state index in [9.17, 15) is 18.0 Å². The van der Waals surface area contributed by atoms with Crippen LogP contribution in [0, 0.1) is 0 Å². The van der Waals surface area contributed by atoms with Crippen LogP contribution in [0.5, 0.6) is 0 Å². The van der Waals surface area contributed by atoms with Crippen LogP contribution in [-0.2, 0) is 18.3 Å². The number of aromatic nitrogens is 2. The van der Waals surface area contributed by atoms with E-state index in [0.717, 1.165) is 0 Å². The van der Waals surface area contributed by atoms with E-state index in [1.54, 1.807) is 19.3 Å². The summed E-state index contributed by atoms with van der Waals surface area (Å²) in [7, 11) is 1.70. The number of ketones is 1. The first-order chi connectivity index (χ1) is 7.37. The Hall–Kier alpha value is -1.37. The summed E-state index contributed by atoms with van der Waals surface area (Å²) in [5, 5.41) is 6.00. The molecule has 1 rings (SSSR count). The molecule has 16 heavy (non-hydrogen) atoms. The maximum atomic E-state index is 11.7. The van der Waals surface area contributed by atoms with Crippen molar-refractivity contribution in [3.05, 3.63) is 18.0 Å². The van der Waals surface area contributed by atoms with Gasteiger partial charge in [-0.05, 0) is 6.07 Å². The van der Waals surface area contributed by atoms with Crippen LogP contribution < -0.4 is 5.32 Å². The number of hydrogen-bond acceptors (Lipinski definition) is 3. The second-order valence-corrected chi connectivity index (χ2v) is 3.41. The molecule has 0 radical (unpaired) electrons. The first-order valence-electron chi connectivity index (χ1n) is 4.64. The summed E-state index contributed by atoms with van der Waals surface area (Å²) in [4.78, 5) is 11.2. The summed E-state index contributed by atoms with van der Waals surface area (Å²) in [5.74, 6) is -0.317. The predicted molar refractivity (Wildman–Crippen MR) is 50.8 cm³/mol. The van der Waals surface area contributed by atoms with Crippen LogP contribution in [0.15, 0.2) is 12.3 Å².